The first-order chi connectivity index (χ1) is 17.3. The van der Waals surface area contributed by atoms with Crippen molar-refractivity contribution in [3.05, 3.63) is 77.3 Å². The maximum absolute atomic E-state index is 14.7. The molecule has 0 spiro atoms. The van der Waals surface area contributed by atoms with Crippen molar-refractivity contribution in [3.63, 3.8) is 0 Å². The van der Waals surface area contributed by atoms with Gasteiger partial charge in [-0.2, -0.15) is 0 Å². The Kier molecular flexibility index (Phi) is 7.47. The number of nitrogens with one attached hydrogen (secondary N) is 2. The van der Waals surface area contributed by atoms with Crippen molar-refractivity contribution in [2.75, 3.05) is 17.7 Å². The van der Waals surface area contributed by atoms with Gasteiger partial charge in [-0.25, -0.2) is 18.7 Å². The van der Waals surface area contributed by atoms with Crippen molar-refractivity contribution in [1.29, 1.82) is 0 Å². The number of carbonyl (C=O) groups excluding carboxylic acids is 1. The van der Waals surface area contributed by atoms with Crippen molar-refractivity contribution in [1.82, 2.24) is 15.3 Å². The number of allylic oxidation sites excluding steroid dienone is 1. The van der Waals surface area contributed by atoms with Gasteiger partial charge in [0.05, 0.1) is 11.6 Å². The number of nitrogens with zero attached hydrogens (tertiary/aromatic N) is 2. The summed E-state index contributed by atoms with van der Waals surface area (Å²) in [4.78, 5) is 21.2. The molecule has 1 amide bonds. The zero-order valence-electron chi connectivity index (χ0n) is 20.4. The Bertz CT molecular complexity index is 1310. The van der Waals surface area contributed by atoms with Crippen molar-refractivity contribution < 1.29 is 18.3 Å². The molecule has 9 heteroatoms. The number of nitrogen functional groups attached to an aromatic ring is 1. The van der Waals surface area contributed by atoms with E-state index in [1.54, 1.807) is 19.2 Å². The van der Waals surface area contributed by atoms with Gasteiger partial charge < -0.3 is 21.1 Å². The van der Waals surface area contributed by atoms with Gasteiger partial charge in [0.1, 0.15) is 30.3 Å². The highest BCUT2D eigenvalue weighted by Gasteiger charge is 2.25. The monoisotopic (exact) mass is 493 g/mol. The summed E-state index contributed by atoms with van der Waals surface area (Å²) in [5.74, 6) is -1.21. The molecule has 36 heavy (non-hydrogen) atoms. The number of carbonyl (C=O) groups is 1. The fourth-order valence-electron chi connectivity index (χ4n) is 3.87. The van der Waals surface area contributed by atoms with E-state index in [9.17, 15) is 13.6 Å². The minimum absolute atomic E-state index is 0.0432. The molecule has 1 atom stereocenters. The Labute approximate surface area is 208 Å². The summed E-state index contributed by atoms with van der Waals surface area (Å²) in [6.07, 6.45) is 6.98. The molecular formula is C27H29F2N5O2. The minimum atomic E-state index is -0.669. The molecule has 2 aromatic carbocycles. The maximum Gasteiger partial charge on any atom is 0.258 e. The number of halogens is 2. The number of ether oxygens (including phenoxy) is 1. The van der Waals surface area contributed by atoms with Crippen LogP contribution in [0.25, 0.3) is 11.3 Å². The quantitative estimate of drug-likeness (QED) is 0.372. The van der Waals surface area contributed by atoms with Crippen LogP contribution in [0, 0.1) is 18.6 Å². The second kappa shape index (κ2) is 10.7. The molecule has 4 rings (SSSR count). The smallest absolute Gasteiger partial charge is 0.258 e. The summed E-state index contributed by atoms with van der Waals surface area (Å²) in [5.41, 5.74) is 8.20. The predicted octanol–water partition coefficient (Wildman–Crippen LogP) is 5.33. The van der Waals surface area contributed by atoms with E-state index in [4.69, 9.17) is 10.5 Å². The molecule has 1 fully saturated rings. The fourth-order valence-corrected chi connectivity index (χ4v) is 3.87. The van der Waals surface area contributed by atoms with Crippen LogP contribution in [0.2, 0.25) is 0 Å². The Hall–Kier alpha value is -4.01. The van der Waals surface area contributed by atoms with E-state index in [2.05, 4.69) is 20.6 Å². The van der Waals surface area contributed by atoms with Gasteiger partial charge in [0.2, 0.25) is 0 Å². The number of hydrogen-bond donors (Lipinski definition) is 3. The second-order valence-electron chi connectivity index (χ2n) is 8.91. The van der Waals surface area contributed by atoms with E-state index in [-0.39, 0.29) is 41.2 Å². The Balaban J connectivity index is 1.62. The lowest BCUT2D eigenvalue weighted by atomic mass is 10.0. The van der Waals surface area contributed by atoms with Gasteiger partial charge in [-0.15, -0.1) is 0 Å². The first kappa shape index (κ1) is 25.1. The first-order valence-corrected chi connectivity index (χ1v) is 11.8. The van der Waals surface area contributed by atoms with Crippen molar-refractivity contribution in [2.24, 2.45) is 0 Å². The summed E-state index contributed by atoms with van der Waals surface area (Å²) in [6, 6.07) is 7.05. The van der Waals surface area contributed by atoms with Gasteiger partial charge in [-0.1, -0.05) is 12.1 Å². The Morgan fingerprint density at radius 1 is 1.25 bits per heavy atom. The van der Waals surface area contributed by atoms with Gasteiger partial charge in [0.15, 0.2) is 11.6 Å². The molecule has 1 aliphatic rings. The van der Waals surface area contributed by atoms with Crippen LogP contribution in [0.1, 0.15) is 54.1 Å². The number of hydrogen-bond acceptors (Lipinski definition) is 6. The number of anilines is 2. The summed E-state index contributed by atoms with van der Waals surface area (Å²) in [5, 5.41) is 5.78. The number of aromatic nitrogens is 2. The lowest BCUT2D eigenvalue weighted by Gasteiger charge is -2.18. The van der Waals surface area contributed by atoms with E-state index < -0.39 is 17.5 Å². The molecule has 4 N–H and O–H groups in total. The lowest BCUT2D eigenvalue weighted by Crippen LogP contribution is -2.27. The lowest BCUT2D eigenvalue weighted by molar-refractivity contribution is 0.102. The first-order valence-electron chi connectivity index (χ1n) is 11.8. The van der Waals surface area contributed by atoms with Gasteiger partial charge in [-0.3, -0.25) is 4.79 Å². The zero-order valence-corrected chi connectivity index (χ0v) is 20.4. The van der Waals surface area contributed by atoms with E-state index >= 15 is 0 Å². The molecule has 1 saturated carbocycles. The fraction of sp³-hybridized carbons (Fsp3) is 0.296. The summed E-state index contributed by atoms with van der Waals surface area (Å²) >= 11 is 0. The van der Waals surface area contributed by atoms with Crippen LogP contribution in [0.15, 0.2) is 48.9 Å². The highest BCUT2D eigenvalue weighted by molar-refractivity contribution is 6.05. The standard InChI is InChI=1S/C27H29F2N5O2/c1-4-9-31-15(2)13-36-25-24(32-14-33-26(25)30)21-11-19(28)12-23(16(21)3)34-27(35)20-8-7-18(10-22(20)29)17-5-6-17/h4,7-12,14-15,17,31H,5-6,13H2,1-3H3,(H,34,35)(H2,30,32,33)/t15-/m0/s1. The van der Waals surface area contributed by atoms with Crippen molar-refractivity contribution >= 4 is 17.4 Å². The van der Waals surface area contributed by atoms with Gasteiger partial charge in [0, 0.05) is 11.3 Å². The number of nitrogens with two attached hydrogens (primary N) is 1. The van der Waals surface area contributed by atoms with Gasteiger partial charge >= 0.3 is 0 Å². The summed E-state index contributed by atoms with van der Waals surface area (Å²) in [6.45, 7) is 5.78. The molecule has 0 aliphatic heterocycles. The molecule has 0 radical (unpaired) electrons. The average molecular weight is 494 g/mol. The van der Waals surface area contributed by atoms with Crippen LogP contribution < -0.4 is 21.1 Å². The highest BCUT2D eigenvalue weighted by atomic mass is 19.1. The SMILES string of the molecule is CC=CN[C@@H](C)COc1c(N)ncnc1-c1cc(F)cc(NC(=O)c2ccc(C3CC3)cc2F)c1C. The van der Waals surface area contributed by atoms with Crippen LogP contribution in [-0.2, 0) is 0 Å². The van der Waals surface area contributed by atoms with Crippen LogP contribution in [-0.4, -0.2) is 28.5 Å². The van der Waals surface area contributed by atoms with E-state index in [0.29, 0.717) is 17.0 Å². The van der Waals surface area contributed by atoms with Crippen molar-refractivity contribution in [2.45, 2.75) is 45.6 Å². The topological polar surface area (TPSA) is 102 Å². The highest BCUT2D eigenvalue weighted by Crippen LogP contribution is 2.40. The maximum atomic E-state index is 14.7. The van der Waals surface area contributed by atoms with E-state index in [1.165, 1.54) is 30.6 Å². The molecule has 1 aliphatic carbocycles. The second-order valence-corrected chi connectivity index (χ2v) is 8.91. The molecule has 3 aromatic rings. The van der Waals surface area contributed by atoms with Gasteiger partial charge in [0.25, 0.3) is 5.91 Å². The van der Waals surface area contributed by atoms with Crippen LogP contribution in [0.5, 0.6) is 5.75 Å². The van der Waals surface area contributed by atoms with Gasteiger partial charge in [-0.05, 0) is 81.1 Å². The van der Waals surface area contributed by atoms with Crippen LogP contribution >= 0.6 is 0 Å². The van der Waals surface area contributed by atoms with Crippen LogP contribution in [0.3, 0.4) is 0 Å². The molecule has 0 saturated heterocycles. The molecule has 1 heterocycles. The number of amides is 1. The van der Waals surface area contributed by atoms with Crippen LogP contribution in [0.4, 0.5) is 20.3 Å². The van der Waals surface area contributed by atoms with E-state index in [0.717, 1.165) is 18.4 Å². The van der Waals surface area contributed by atoms with Crippen molar-refractivity contribution in [3.8, 4) is 17.0 Å². The largest absolute Gasteiger partial charge is 0.485 e. The zero-order chi connectivity index (χ0) is 25.8. The Morgan fingerprint density at radius 2 is 2.03 bits per heavy atom. The van der Waals surface area contributed by atoms with E-state index in [1.807, 2.05) is 19.9 Å². The summed E-state index contributed by atoms with van der Waals surface area (Å²) < 4.78 is 35.3. The molecule has 7 nitrogen and oxygen atoms in total. The predicted molar refractivity (Wildman–Crippen MR) is 136 cm³/mol. The molecule has 0 unspecified atom stereocenters. The third-order valence-electron chi connectivity index (χ3n) is 6.02. The third-order valence-corrected chi connectivity index (χ3v) is 6.02. The average Bonchev–Trinajstić information content (AvgIpc) is 3.69. The Morgan fingerprint density at radius 3 is 2.72 bits per heavy atom. The minimum Gasteiger partial charge on any atom is -0.485 e. The normalized spacial score (nSPS) is 14.0. The number of benzene rings is 2. The number of rotatable bonds is 9. The molecule has 188 valence electrons. The molecule has 0 bridgehead atoms. The molecule has 1 aromatic heterocycles. The summed E-state index contributed by atoms with van der Waals surface area (Å²) in [7, 11) is 0. The molecular weight excluding hydrogens is 464 g/mol. The third kappa shape index (κ3) is 5.62.